The lowest BCUT2D eigenvalue weighted by Crippen LogP contribution is -2.42. The van der Waals surface area contributed by atoms with E-state index in [2.05, 4.69) is 70.3 Å². The van der Waals surface area contributed by atoms with Crippen LogP contribution in [0.1, 0.15) is 48.4 Å². The third-order valence-electron chi connectivity index (χ3n) is 6.79. The average molecular weight is 461 g/mol. The van der Waals surface area contributed by atoms with E-state index in [1.54, 1.807) is 6.07 Å². The predicted octanol–water partition coefficient (Wildman–Crippen LogP) is 7.68. The molecule has 1 unspecified atom stereocenters. The second kappa shape index (κ2) is 8.80. The van der Waals surface area contributed by atoms with E-state index in [4.69, 9.17) is 13.6 Å². The van der Waals surface area contributed by atoms with Crippen molar-refractivity contribution in [2.24, 2.45) is 0 Å². The molecule has 1 heterocycles. The summed E-state index contributed by atoms with van der Waals surface area (Å²) in [5.41, 5.74) is 4.41. The summed E-state index contributed by atoms with van der Waals surface area (Å²) in [6, 6.07) is 22.1. The monoisotopic (exact) mass is 460 g/mol. The van der Waals surface area contributed by atoms with Gasteiger partial charge in [0.2, 0.25) is 0 Å². The van der Waals surface area contributed by atoms with Crippen molar-refractivity contribution < 1.29 is 18.4 Å². The quantitative estimate of drug-likeness (QED) is 0.219. The fourth-order valence-electron chi connectivity index (χ4n) is 3.83. The van der Waals surface area contributed by atoms with Crippen LogP contribution in [-0.2, 0) is 15.6 Å². The molecule has 0 amide bonds. The summed E-state index contributed by atoms with van der Waals surface area (Å²) in [6.45, 7) is 11.4. The Morgan fingerprint density at radius 3 is 2.21 bits per heavy atom. The molecule has 33 heavy (non-hydrogen) atoms. The number of methoxy groups -OCH3 is 1. The lowest BCUT2D eigenvalue weighted by molar-refractivity contribution is 0.0601. The molecule has 0 radical (unpaired) electrons. The van der Waals surface area contributed by atoms with Crippen molar-refractivity contribution in [3.05, 3.63) is 83.4 Å². The van der Waals surface area contributed by atoms with Crippen LogP contribution in [0.3, 0.4) is 0 Å². The van der Waals surface area contributed by atoms with Crippen molar-refractivity contribution in [1.29, 1.82) is 0 Å². The van der Waals surface area contributed by atoms with E-state index < -0.39 is 8.32 Å². The third-order valence-corrected chi connectivity index (χ3v) is 11.3. The Labute approximate surface area is 196 Å². The number of carbonyl (C=O) groups excluding carboxylic acids is 1. The van der Waals surface area contributed by atoms with Gasteiger partial charge in [-0.05, 0) is 59.6 Å². The van der Waals surface area contributed by atoms with Gasteiger partial charge in [0.15, 0.2) is 8.32 Å². The molecule has 1 aromatic heterocycles. The molecule has 0 fully saturated rings. The van der Waals surface area contributed by atoms with Crippen LogP contribution in [0.15, 0.2) is 71.1 Å². The summed E-state index contributed by atoms with van der Waals surface area (Å²) in [6.07, 6.45) is 0.716. The van der Waals surface area contributed by atoms with Crippen LogP contribution in [-0.4, -0.2) is 21.4 Å². The molecule has 3 aromatic carbocycles. The first-order valence-corrected chi connectivity index (χ1v) is 14.3. The first-order valence-electron chi connectivity index (χ1n) is 11.4. The van der Waals surface area contributed by atoms with Crippen molar-refractivity contribution in [1.82, 2.24) is 0 Å². The SMILES string of the molecule is COC(=O)c1ccc2oc3ccc(C(Cc4ccccc4)O[Si](C)(C)C(C)(C)C)cc3c2c1. The van der Waals surface area contributed by atoms with Crippen molar-refractivity contribution in [2.75, 3.05) is 7.11 Å². The molecule has 4 rings (SSSR count). The lowest BCUT2D eigenvalue weighted by atomic mass is 9.99. The predicted molar refractivity (Wildman–Crippen MR) is 136 cm³/mol. The van der Waals surface area contributed by atoms with Crippen LogP contribution >= 0.6 is 0 Å². The van der Waals surface area contributed by atoms with Gasteiger partial charge in [-0.15, -0.1) is 0 Å². The molecule has 0 saturated carbocycles. The first kappa shape index (κ1) is 23.3. The summed E-state index contributed by atoms with van der Waals surface area (Å²) in [5.74, 6) is -0.356. The van der Waals surface area contributed by atoms with Gasteiger partial charge in [-0.25, -0.2) is 4.79 Å². The number of furan rings is 1. The van der Waals surface area contributed by atoms with E-state index in [-0.39, 0.29) is 17.1 Å². The van der Waals surface area contributed by atoms with Crippen LogP contribution in [0.4, 0.5) is 0 Å². The Morgan fingerprint density at radius 1 is 0.939 bits per heavy atom. The van der Waals surface area contributed by atoms with Crippen molar-refractivity contribution in [3.8, 4) is 0 Å². The fourth-order valence-corrected chi connectivity index (χ4v) is 5.11. The highest BCUT2D eigenvalue weighted by atomic mass is 28.4. The zero-order valence-electron chi connectivity index (χ0n) is 20.3. The number of esters is 1. The number of rotatable bonds is 6. The minimum absolute atomic E-state index is 0.0774. The molecule has 0 aliphatic rings. The van der Waals surface area contributed by atoms with Crippen LogP contribution in [0.2, 0.25) is 18.1 Å². The minimum atomic E-state index is -2.02. The topological polar surface area (TPSA) is 48.7 Å². The molecule has 1 atom stereocenters. The normalized spacial score (nSPS) is 13.4. The third kappa shape index (κ3) is 4.75. The van der Waals surface area contributed by atoms with Gasteiger partial charge < -0.3 is 13.6 Å². The van der Waals surface area contributed by atoms with E-state index in [0.29, 0.717) is 5.56 Å². The fraction of sp³-hybridized carbons (Fsp3) is 0.321. The highest BCUT2D eigenvalue weighted by molar-refractivity contribution is 6.74. The maximum atomic E-state index is 12.1. The molecule has 4 aromatic rings. The number of benzene rings is 3. The molecule has 0 bridgehead atoms. The van der Waals surface area contributed by atoms with Crippen LogP contribution in [0, 0.1) is 0 Å². The second-order valence-electron chi connectivity index (χ2n) is 10.1. The smallest absolute Gasteiger partial charge is 0.337 e. The summed E-state index contributed by atoms with van der Waals surface area (Å²) in [4.78, 5) is 12.1. The zero-order chi connectivity index (χ0) is 23.8. The number of hydrogen-bond acceptors (Lipinski definition) is 4. The van der Waals surface area contributed by atoms with Crippen LogP contribution in [0.25, 0.3) is 21.9 Å². The van der Waals surface area contributed by atoms with E-state index in [9.17, 15) is 4.79 Å². The Kier molecular flexibility index (Phi) is 6.21. The zero-order valence-corrected chi connectivity index (χ0v) is 21.3. The molecule has 0 spiro atoms. The van der Waals surface area contributed by atoms with Gasteiger partial charge >= 0.3 is 5.97 Å². The van der Waals surface area contributed by atoms with Crippen LogP contribution < -0.4 is 0 Å². The Bertz CT molecular complexity index is 1280. The van der Waals surface area contributed by atoms with Gasteiger partial charge in [-0.3, -0.25) is 0 Å². The Morgan fingerprint density at radius 2 is 1.58 bits per heavy atom. The number of hydrogen-bond donors (Lipinski definition) is 0. The van der Waals surface area contributed by atoms with Gasteiger partial charge in [0.25, 0.3) is 0 Å². The van der Waals surface area contributed by atoms with E-state index in [0.717, 1.165) is 33.9 Å². The Hall–Kier alpha value is -2.89. The molecule has 0 saturated heterocycles. The minimum Gasteiger partial charge on any atom is -0.465 e. The number of carbonyl (C=O) groups is 1. The van der Waals surface area contributed by atoms with Gasteiger partial charge in [-0.2, -0.15) is 0 Å². The highest BCUT2D eigenvalue weighted by Crippen LogP contribution is 2.41. The summed E-state index contributed by atoms with van der Waals surface area (Å²) in [5, 5.41) is 1.98. The van der Waals surface area contributed by atoms with E-state index >= 15 is 0 Å². The first-order chi connectivity index (χ1) is 15.6. The summed E-state index contributed by atoms with van der Waals surface area (Å²) < 4.78 is 17.9. The van der Waals surface area contributed by atoms with E-state index in [1.807, 2.05) is 24.3 Å². The molecule has 0 N–H and O–H groups in total. The molecule has 172 valence electrons. The maximum absolute atomic E-state index is 12.1. The molecular formula is C28H32O4Si. The lowest BCUT2D eigenvalue weighted by Gasteiger charge is -2.39. The van der Waals surface area contributed by atoms with Crippen molar-refractivity contribution in [2.45, 2.75) is 51.4 Å². The van der Waals surface area contributed by atoms with Gasteiger partial charge in [0.1, 0.15) is 11.2 Å². The van der Waals surface area contributed by atoms with Crippen molar-refractivity contribution in [3.63, 3.8) is 0 Å². The summed E-state index contributed by atoms with van der Waals surface area (Å²) in [7, 11) is -0.630. The van der Waals surface area contributed by atoms with Crippen LogP contribution in [0.5, 0.6) is 0 Å². The van der Waals surface area contributed by atoms with Gasteiger partial charge in [-0.1, -0.05) is 57.2 Å². The largest absolute Gasteiger partial charge is 0.465 e. The average Bonchev–Trinajstić information content (AvgIpc) is 3.15. The number of fused-ring (bicyclic) bond motifs is 3. The van der Waals surface area contributed by atoms with Gasteiger partial charge in [0, 0.05) is 17.2 Å². The van der Waals surface area contributed by atoms with Crippen molar-refractivity contribution >= 4 is 36.2 Å². The Balaban J connectivity index is 1.81. The number of ether oxygens (including phenoxy) is 1. The second-order valence-corrected chi connectivity index (χ2v) is 14.9. The molecule has 5 heteroatoms. The maximum Gasteiger partial charge on any atom is 0.337 e. The van der Waals surface area contributed by atoms with E-state index in [1.165, 1.54) is 12.7 Å². The molecule has 0 aliphatic heterocycles. The summed E-state index contributed by atoms with van der Waals surface area (Å²) >= 11 is 0. The molecule has 4 nitrogen and oxygen atoms in total. The van der Waals surface area contributed by atoms with Gasteiger partial charge in [0.05, 0.1) is 18.8 Å². The molecule has 0 aliphatic carbocycles. The highest BCUT2D eigenvalue weighted by Gasteiger charge is 2.39. The molecular weight excluding hydrogens is 428 g/mol. The standard InChI is InChI=1S/C28H32O4Si/c1-28(2,3)33(5,6)32-26(16-19-10-8-7-9-11-19)20-12-14-24-22(17-20)23-18-21(27(29)30-4)13-15-25(23)31-24/h7-15,17-18,26H,16H2,1-6H3.